The number of unbranched alkanes of at least 4 members (excludes halogenated alkanes) is 9. The van der Waals surface area contributed by atoms with E-state index in [-0.39, 0.29) is 36.6 Å². The van der Waals surface area contributed by atoms with Crippen molar-refractivity contribution in [1.82, 2.24) is 20.6 Å². The van der Waals surface area contributed by atoms with E-state index in [0.717, 1.165) is 58.6 Å². The number of hydrogen-bond acceptors (Lipinski definition) is 4. The molecular formula is C34H50Cl2N6O2. The number of carbonyl (C=O) groups excluding carboxylic acids is 2. The van der Waals surface area contributed by atoms with Crippen LogP contribution in [0.1, 0.15) is 75.3 Å². The summed E-state index contributed by atoms with van der Waals surface area (Å²) in [5.41, 5.74) is 16.6. The van der Waals surface area contributed by atoms with Gasteiger partial charge in [0, 0.05) is 47.3 Å². The zero-order valence-electron chi connectivity index (χ0n) is 25.6. The number of aromatic nitrogens is 2. The summed E-state index contributed by atoms with van der Waals surface area (Å²) in [6.07, 6.45) is 16.6. The first-order chi connectivity index (χ1) is 20.5. The van der Waals surface area contributed by atoms with Gasteiger partial charge in [-0.15, -0.1) is 24.8 Å². The second-order valence-corrected chi connectivity index (χ2v) is 11.5. The lowest BCUT2D eigenvalue weighted by Gasteiger charge is -2.12. The van der Waals surface area contributed by atoms with Crippen molar-refractivity contribution in [3.05, 3.63) is 72.1 Å². The number of benzene rings is 2. The number of para-hydroxylation sites is 2. The molecule has 0 saturated carbocycles. The second-order valence-electron chi connectivity index (χ2n) is 11.5. The zero-order chi connectivity index (χ0) is 29.6. The molecule has 44 heavy (non-hydrogen) atoms. The van der Waals surface area contributed by atoms with Crippen LogP contribution in [0.2, 0.25) is 0 Å². The predicted octanol–water partition coefficient (Wildman–Crippen LogP) is 6.07. The van der Waals surface area contributed by atoms with E-state index in [1.807, 2.05) is 48.8 Å². The van der Waals surface area contributed by atoms with Gasteiger partial charge in [0.2, 0.25) is 11.8 Å². The smallest absolute Gasteiger partial charge is 0.237 e. The summed E-state index contributed by atoms with van der Waals surface area (Å²) in [7, 11) is 0. The van der Waals surface area contributed by atoms with Crippen molar-refractivity contribution in [2.24, 2.45) is 11.5 Å². The van der Waals surface area contributed by atoms with Crippen LogP contribution in [0.25, 0.3) is 21.8 Å². The third-order valence-corrected chi connectivity index (χ3v) is 8.11. The van der Waals surface area contributed by atoms with Gasteiger partial charge in [-0.25, -0.2) is 0 Å². The summed E-state index contributed by atoms with van der Waals surface area (Å²) in [5.74, 6) is -0.152. The highest BCUT2D eigenvalue weighted by Crippen LogP contribution is 2.20. The normalized spacial score (nSPS) is 12.3. The molecule has 0 aliphatic rings. The maximum absolute atomic E-state index is 12.4. The van der Waals surface area contributed by atoms with Gasteiger partial charge >= 0.3 is 0 Å². The molecule has 2 atom stereocenters. The Hall–Kier alpha value is -3.04. The van der Waals surface area contributed by atoms with Gasteiger partial charge in [0.15, 0.2) is 0 Å². The van der Waals surface area contributed by atoms with Crippen LogP contribution >= 0.6 is 24.8 Å². The van der Waals surface area contributed by atoms with Gasteiger partial charge in [-0.3, -0.25) is 9.59 Å². The Bertz CT molecular complexity index is 1300. The molecule has 2 aromatic carbocycles. The Kier molecular flexibility index (Phi) is 17.0. The van der Waals surface area contributed by atoms with E-state index in [2.05, 4.69) is 32.7 Å². The van der Waals surface area contributed by atoms with Gasteiger partial charge in [-0.05, 0) is 48.9 Å². The number of halogens is 2. The van der Waals surface area contributed by atoms with Crippen molar-refractivity contribution in [2.75, 3.05) is 13.1 Å². The molecule has 242 valence electrons. The number of fused-ring (bicyclic) bond motifs is 2. The van der Waals surface area contributed by atoms with Crippen LogP contribution in [-0.2, 0) is 22.4 Å². The molecule has 0 aliphatic carbocycles. The molecule has 0 radical (unpaired) electrons. The molecule has 4 aromatic rings. The number of carbonyl (C=O) groups is 2. The van der Waals surface area contributed by atoms with Gasteiger partial charge in [0.1, 0.15) is 0 Å². The van der Waals surface area contributed by atoms with Crippen molar-refractivity contribution in [1.29, 1.82) is 0 Å². The van der Waals surface area contributed by atoms with Gasteiger partial charge in [-0.1, -0.05) is 87.8 Å². The molecule has 0 spiro atoms. The average molecular weight is 646 g/mol. The van der Waals surface area contributed by atoms with Gasteiger partial charge in [0.25, 0.3) is 0 Å². The maximum atomic E-state index is 12.4. The molecule has 0 fully saturated rings. The second kappa shape index (κ2) is 20.1. The largest absolute Gasteiger partial charge is 0.361 e. The van der Waals surface area contributed by atoms with E-state index in [1.165, 1.54) is 38.5 Å². The fraction of sp³-hybridized carbons (Fsp3) is 0.471. The number of H-pyrrole nitrogens is 2. The Balaban J connectivity index is 0.00000337. The number of nitrogens with one attached hydrogen (secondary N) is 4. The lowest BCUT2D eigenvalue weighted by Crippen LogP contribution is -2.42. The summed E-state index contributed by atoms with van der Waals surface area (Å²) in [5, 5.41) is 8.25. The Morgan fingerprint density at radius 2 is 0.909 bits per heavy atom. The van der Waals surface area contributed by atoms with Crippen LogP contribution < -0.4 is 22.1 Å². The molecule has 8 N–H and O–H groups in total. The number of aromatic amines is 2. The molecule has 2 unspecified atom stereocenters. The van der Waals surface area contributed by atoms with Crippen molar-refractivity contribution in [2.45, 2.75) is 89.1 Å². The van der Waals surface area contributed by atoms with Crippen LogP contribution in [0.4, 0.5) is 0 Å². The summed E-state index contributed by atoms with van der Waals surface area (Å²) in [4.78, 5) is 31.3. The molecule has 0 bridgehead atoms. The molecule has 2 aromatic heterocycles. The van der Waals surface area contributed by atoms with Crippen LogP contribution in [0.15, 0.2) is 60.9 Å². The standard InChI is InChI=1S/C34H48N6O2.2ClH/c35-29(21-25-23-39-31-17-11-9-15-27(25)31)33(41)37-19-13-7-5-3-1-2-4-6-8-14-20-38-34(42)30(36)22-26-24-40-32-18-12-10-16-28(26)32;;/h9-12,15-18,23-24,29-30,39-40H,1-8,13-14,19-22,35-36H2,(H,37,41)(H,38,42);2*1H. The minimum Gasteiger partial charge on any atom is -0.361 e. The van der Waals surface area contributed by atoms with Crippen LogP contribution in [0, 0.1) is 0 Å². The van der Waals surface area contributed by atoms with Gasteiger partial charge < -0.3 is 32.1 Å². The summed E-state index contributed by atoms with van der Waals surface area (Å²) < 4.78 is 0. The Morgan fingerprint density at radius 3 is 1.30 bits per heavy atom. The first-order valence-electron chi connectivity index (χ1n) is 15.7. The van der Waals surface area contributed by atoms with Gasteiger partial charge in [0.05, 0.1) is 12.1 Å². The number of nitrogens with two attached hydrogens (primary N) is 2. The first-order valence-corrected chi connectivity index (χ1v) is 15.7. The topological polar surface area (TPSA) is 142 Å². The SMILES string of the molecule is Cl.Cl.NC(Cc1c[nH]c2ccccc12)C(=O)NCCCCCCCCCCCCNC(=O)C(N)Cc1c[nH]c2ccccc12. The molecule has 0 saturated heterocycles. The minimum absolute atomic E-state index is 0. The highest BCUT2D eigenvalue weighted by molar-refractivity contribution is 5.87. The third kappa shape index (κ3) is 11.5. The average Bonchev–Trinajstić information content (AvgIpc) is 3.61. The van der Waals surface area contributed by atoms with E-state index in [1.54, 1.807) is 0 Å². The van der Waals surface area contributed by atoms with Crippen molar-refractivity contribution >= 4 is 58.4 Å². The quantitative estimate of drug-likeness (QED) is 0.0689. The summed E-state index contributed by atoms with van der Waals surface area (Å²) in [6.45, 7) is 1.37. The number of amides is 2. The summed E-state index contributed by atoms with van der Waals surface area (Å²) in [6, 6.07) is 15.1. The fourth-order valence-corrected chi connectivity index (χ4v) is 5.61. The lowest BCUT2D eigenvalue weighted by atomic mass is 10.0. The van der Waals surface area contributed by atoms with Crippen LogP contribution in [0.3, 0.4) is 0 Å². The Labute approximate surface area is 273 Å². The monoisotopic (exact) mass is 644 g/mol. The lowest BCUT2D eigenvalue weighted by molar-refractivity contribution is -0.123. The molecule has 0 aliphatic heterocycles. The number of hydrogen-bond donors (Lipinski definition) is 6. The third-order valence-electron chi connectivity index (χ3n) is 8.11. The van der Waals surface area contributed by atoms with E-state index in [9.17, 15) is 9.59 Å². The molecule has 8 nitrogen and oxygen atoms in total. The van der Waals surface area contributed by atoms with Gasteiger partial charge in [-0.2, -0.15) is 0 Å². The van der Waals surface area contributed by atoms with Crippen molar-refractivity contribution in [3.63, 3.8) is 0 Å². The molecular weight excluding hydrogens is 595 g/mol. The van der Waals surface area contributed by atoms with Crippen molar-refractivity contribution < 1.29 is 9.59 Å². The molecule has 10 heteroatoms. The fourth-order valence-electron chi connectivity index (χ4n) is 5.61. The molecule has 4 rings (SSSR count). The maximum Gasteiger partial charge on any atom is 0.237 e. The van der Waals surface area contributed by atoms with E-state index in [4.69, 9.17) is 11.5 Å². The number of rotatable bonds is 19. The molecule has 2 heterocycles. The minimum atomic E-state index is -0.533. The van der Waals surface area contributed by atoms with Crippen LogP contribution in [-0.4, -0.2) is 47.0 Å². The highest BCUT2D eigenvalue weighted by atomic mass is 35.5. The van der Waals surface area contributed by atoms with Crippen molar-refractivity contribution in [3.8, 4) is 0 Å². The molecule has 2 amide bonds. The zero-order valence-corrected chi connectivity index (χ0v) is 27.2. The predicted molar refractivity (Wildman–Crippen MR) is 187 cm³/mol. The van der Waals surface area contributed by atoms with E-state index in [0.29, 0.717) is 25.9 Å². The van der Waals surface area contributed by atoms with E-state index < -0.39 is 12.1 Å². The highest BCUT2D eigenvalue weighted by Gasteiger charge is 2.16. The van der Waals surface area contributed by atoms with E-state index >= 15 is 0 Å². The van der Waals surface area contributed by atoms with Crippen LogP contribution in [0.5, 0.6) is 0 Å². The Morgan fingerprint density at radius 1 is 0.568 bits per heavy atom. The first kappa shape index (κ1) is 37.1. The summed E-state index contributed by atoms with van der Waals surface area (Å²) >= 11 is 0.